The van der Waals surface area contributed by atoms with Gasteiger partial charge in [-0.3, -0.25) is 4.99 Å². The van der Waals surface area contributed by atoms with E-state index in [1.807, 2.05) is 44.2 Å². The zero-order valence-corrected chi connectivity index (χ0v) is 16.7. The van der Waals surface area contributed by atoms with E-state index in [4.69, 9.17) is 9.47 Å². The number of hydrogen-bond donors (Lipinski definition) is 1. The van der Waals surface area contributed by atoms with Crippen molar-refractivity contribution in [1.82, 2.24) is 0 Å². The second-order valence-electron chi connectivity index (χ2n) is 6.52. The highest BCUT2D eigenvalue weighted by molar-refractivity contribution is 5.89. The number of carboxylic acid groups (broad SMARTS) is 1. The largest absolute Gasteiger partial charge is 0.493 e. The average molecular weight is 395 g/mol. The van der Waals surface area contributed by atoms with Crippen molar-refractivity contribution in [2.24, 2.45) is 10.9 Å². The molecule has 0 aromatic heterocycles. The van der Waals surface area contributed by atoms with Crippen LogP contribution in [-0.2, 0) is 9.59 Å². The van der Waals surface area contributed by atoms with Crippen LogP contribution in [-0.4, -0.2) is 36.4 Å². The lowest BCUT2D eigenvalue weighted by Crippen LogP contribution is -2.25. The van der Waals surface area contributed by atoms with Crippen LogP contribution in [0.2, 0.25) is 0 Å². The monoisotopic (exact) mass is 395 g/mol. The number of carboxylic acids is 1. The maximum absolute atomic E-state index is 12.1. The third-order valence-electron chi connectivity index (χ3n) is 4.43. The zero-order valence-electron chi connectivity index (χ0n) is 16.7. The second kappa shape index (κ2) is 10.8. The summed E-state index contributed by atoms with van der Waals surface area (Å²) < 4.78 is 10.6. The van der Waals surface area contributed by atoms with Crippen LogP contribution in [0.5, 0.6) is 11.5 Å². The fraction of sp³-hybridized carbons (Fsp3) is 0.261. The van der Waals surface area contributed by atoms with Gasteiger partial charge in [0.15, 0.2) is 11.5 Å². The van der Waals surface area contributed by atoms with Gasteiger partial charge in [0.05, 0.1) is 7.11 Å². The molecule has 0 saturated carbocycles. The van der Waals surface area contributed by atoms with E-state index in [1.165, 1.54) is 19.4 Å². The molecule has 0 saturated heterocycles. The Kier molecular flexibility index (Phi) is 8.15. The molecule has 2 atom stereocenters. The molecule has 6 heteroatoms. The minimum absolute atomic E-state index is 0.0812. The van der Waals surface area contributed by atoms with E-state index in [0.717, 1.165) is 5.56 Å². The van der Waals surface area contributed by atoms with Crippen molar-refractivity contribution in [2.45, 2.75) is 26.3 Å². The van der Waals surface area contributed by atoms with Gasteiger partial charge in [0.25, 0.3) is 0 Å². The molecule has 2 aromatic rings. The van der Waals surface area contributed by atoms with Gasteiger partial charge < -0.3 is 14.6 Å². The van der Waals surface area contributed by atoms with Gasteiger partial charge in [0, 0.05) is 12.3 Å². The summed E-state index contributed by atoms with van der Waals surface area (Å²) in [6, 6.07) is 13.5. The first-order valence-electron chi connectivity index (χ1n) is 9.33. The molecule has 2 unspecified atom stereocenters. The van der Waals surface area contributed by atoms with Gasteiger partial charge in [-0.15, -0.1) is 0 Å². The van der Waals surface area contributed by atoms with Gasteiger partial charge in [-0.2, -0.15) is 0 Å². The number of nitrogens with zero attached hydrogens (tertiary/aromatic N) is 1. The van der Waals surface area contributed by atoms with Crippen LogP contribution in [0.1, 0.15) is 31.4 Å². The van der Waals surface area contributed by atoms with Crippen molar-refractivity contribution in [3.8, 4) is 11.5 Å². The molecule has 0 aliphatic heterocycles. The molecule has 0 amide bonds. The zero-order chi connectivity index (χ0) is 21.2. The summed E-state index contributed by atoms with van der Waals surface area (Å²) in [5, 5.41) is 9.33. The minimum Gasteiger partial charge on any atom is -0.493 e. The van der Waals surface area contributed by atoms with Crippen molar-refractivity contribution >= 4 is 24.2 Å². The molecule has 6 nitrogen and oxygen atoms in total. The summed E-state index contributed by atoms with van der Waals surface area (Å²) in [4.78, 5) is 27.7. The van der Waals surface area contributed by atoms with E-state index in [2.05, 4.69) is 4.99 Å². The van der Waals surface area contributed by atoms with Crippen LogP contribution in [0.3, 0.4) is 0 Å². The van der Waals surface area contributed by atoms with Gasteiger partial charge in [-0.1, -0.05) is 50.6 Å². The fourth-order valence-electron chi connectivity index (χ4n) is 2.56. The van der Waals surface area contributed by atoms with Gasteiger partial charge in [-0.25, -0.2) is 9.59 Å². The van der Waals surface area contributed by atoms with Crippen molar-refractivity contribution < 1.29 is 24.2 Å². The number of ether oxygens (including phenoxy) is 2. The maximum Gasteiger partial charge on any atom is 0.336 e. The van der Waals surface area contributed by atoms with Gasteiger partial charge >= 0.3 is 11.9 Å². The molecule has 0 aliphatic carbocycles. The Bertz CT molecular complexity index is 889. The van der Waals surface area contributed by atoms with Gasteiger partial charge in [-0.05, 0) is 41.3 Å². The normalized spacial score (nSPS) is 13.3. The van der Waals surface area contributed by atoms with Gasteiger partial charge in [0.1, 0.15) is 6.04 Å². The van der Waals surface area contributed by atoms with Crippen LogP contribution in [0.4, 0.5) is 0 Å². The molecule has 0 fully saturated rings. The Morgan fingerprint density at radius 1 is 1.10 bits per heavy atom. The van der Waals surface area contributed by atoms with Crippen molar-refractivity contribution in [2.75, 3.05) is 7.11 Å². The average Bonchev–Trinajstić information content (AvgIpc) is 2.73. The Labute approximate surface area is 170 Å². The number of rotatable bonds is 9. The summed E-state index contributed by atoms with van der Waals surface area (Å²) >= 11 is 0. The summed E-state index contributed by atoms with van der Waals surface area (Å²) in [5.74, 6) is -0.952. The molecule has 0 radical (unpaired) electrons. The fourth-order valence-corrected chi connectivity index (χ4v) is 2.56. The molecule has 2 rings (SSSR count). The predicted molar refractivity (Wildman–Crippen MR) is 113 cm³/mol. The quantitative estimate of drug-likeness (QED) is 0.297. The number of methoxy groups -OCH3 is 1. The number of carbonyl (C=O) groups is 2. The lowest BCUT2D eigenvalue weighted by molar-refractivity contribution is -0.139. The molecule has 0 heterocycles. The Balaban J connectivity index is 2.11. The molecular weight excluding hydrogens is 370 g/mol. The Morgan fingerprint density at radius 2 is 1.83 bits per heavy atom. The maximum atomic E-state index is 12.1. The van der Waals surface area contributed by atoms with Crippen LogP contribution in [0.15, 0.2) is 59.6 Å². The van der Waals surface area contributed by atoms with Crippen molar-refractivity contribution in [1.29, 1.82) is 0 Å². The summed E-state index contributed by atoms with van der Waals surface area (Å²) in [6.07, 6.45) is 5.21. The number of aliphatic imine (C=N–C) groups is 1. The number of esters is 1. The predicted octanol–water partition coefficient (Wildman–Crippen LogP) is 4.23. The summed E-state index contributed by atoms with van der Waals surface area (Å²) in [6.45, 7) is 3.77. The van der Waals surface area contributed by atoms with Crippen LogP contribution in [0.25, 0.3) is 6.08 Å². The topological polar surface area (TPSA) is 85.2 Å². The van der Waals surface area contributed by atoms with Crippen LogP contribution in [0, 0.1) is 5.92 Å². The molecule has 29 heavy (non-hydrogen) atoms. The van der Waals surface area contributed by atoms with Crippen LogP contribution < -0.4 is 9.47 Å². The van der Waals surface area contributed by atoms with E-state index in [0.29, 0.717) is 17.7 Å². The van der Waals surface area contributed by atoms with E-state index in [9.17, 15) is 14.7 Å². The lowest BCUT2D eigenvalue weighted by atomic mass is 10.00. The molecule has 0 bridgehead atoms. The third-order valence-corrected chi connectivity index (χ3v) is 4.43. The molecule has 152 valence electrons. The number of carbonyl (C=O) groups excluding carboxylic acids is 1. The van der Waals surface area contributed by atoms with E-state index >= 15 is 0 Å². The Hall–Kier alpha value is -3.41. The van der Waals surface area contributed by atoms with Crippen molar-refractivity contribution in [3.05, 3.63) is 65.7 Å². The number of aliphatic carboxylic acids is 1. The Morgan fingerprint density at radius 3 is 2.45 bits per heavy atom. The molecule has 1 N–H and O–H groups in total. The van der Waals surface area contributed by atoms with E-state index in [-0.39, 0.29) is 11.7 Å². The highest BCUT2D eigenvalue weighted by Gasteiger charge is 2.21. The molecule has 2 aromatic carbocycles. The second-order valence-corrected chi connectivity index (χ2v) is 6.52. The minimum atomic E-state index is -0.960. The standard InChI is InChI=1S/C23H25NO5/c1-4-16(2)22(23(26)27)24-15-18-10-12-19(20(14-18)28-3)29-21(25)13-11-17-8-6-5-7-9-17/h5-16,22H,4H2,1-3H3,(H,26,27)/b13-11+,24-15?. The summed E-state index contributed by atoms with van der Waals surface area (Å²) in [7, 11) is 1.46. The number of hydrogen-bond acceptors (Lipinski definition) is 5. The third kappa shape index (κ3) is 6.60. The smallest absolute Gasteiger partial charge is 0.336 e. The van der Waals surface area contributed by atoms with Crippen molar-refractivity contribution in [3.63, 3.8) is 0 Å². The first kappa shape index (κ1) is 21.9. The first-order chi connectivity index (χ1) is 13.9. The number of benzene rings is 2. The highest BCUT2D eigenvalue weighted by atomic mass is 16.6. The molecule has 0 spiro atoms. The van der Waals surface area contributed by atoms with E-state index in [1.54, 1.807) is 24.3 Å². The van der Waals surface area contributed by atoms with Gasteiger partial charge in [0.2, 0.25) is 0 Å². The molecule has 0 aliphatic rings. The lowest BCUT2D eigenvalue weighted by Gasteiger charge is -2.14. The highest BCUT2D eigenvalue weighted by Crippen LogP contribution is 2.28. The SMILES string of the molecule is CCC(C)C(N=Cc1ccc(OC(=O)/C=C/c2ccccc2)c(OC)c1)C(=O)O. The van der Waals surface area contributed by atoms with Crippen LogP contribution >= 0.6 is 0 Å². The molecular formula is C23H25NO5. The first-order valence-corrected chi connectivity index (χ1v) is 9.33. The van der Waals surface area contributed by atoms with E-state index < -0.39 is 18.0 Å². The summed E-state index contributed by atoms with van der Waals surface area (Å²) in [5.41, 5.74) is 1.54.